The molecule has 2 aromatic carbocycles. The molecule has 1 fully saturated rings. The molecule has 10 heteroatoms. The van der Waals surface area contributed by atoms with Crippen molar-refractivity contribution in [3.63, 3.8) is 0 Å². The van der Waals surface area contributed by atoms with Crippen molar-refractivity contribution in [1.29, 1.82) is 0 Å². The number of pyridine rings is 1. The minimum atomic E-state index is -0.0919. The molecule has 39 heavy (non-hydrogen) atoms. The first-order chi connectivity index (χ1) is 19.1. The van der Waals surface area contributed by atoms with Crippen molar-refractivity contribution in [2.45, 2.75) is 39.1 Å². The Bertz CT molecular complexity index is 1550. The number of rotatable bonds is 7. The van der Waals surface area contributed by atoms with E-state index in [1.807, 2.05) is 19.3 Å². The van der Waals surface area contributed by atoms with Gasteiger partial charge in [-0.3, -0.25) is 4.79 Å². The number of benzene rings is 2. The number of hydrogen-bond acceptors (Lipinski definition) is 9. The minimum Gasteiger partial charge on any atom is -0.378 e. The molecule has 0 radical (unpaired) electrons. The van der Waals surface area contributed by atoms with Gasteiger partial charge in [-0.2, -0.15) is 0 Å². The quantitative estimate of drug-likeness (QED) is 0.250. The van der Waals surface area contributed by atoms with E-state index in [0.29, 0.717) is 19.8 Å². The van der Waals surface area contributed by atoms with Crippen LogP contribution in [-0.2, 0) is 11.3 Å². The molecule has 0 aliphatic carbocycles. The molecule has 0 spiro atoms. The van der Waals surface area contributed by atoms with Crippen LogP contribution in [0.25, 0.3) is 11.3 Å². The lowest BCUT2D eigenvalue weighted by molar-refractivity contribution is 0.122. The maximum Gasteiger partial charge on any atom is 0.250 e. The van der Waals surface area contributed by atoms with Crippen LogP contribution in [0.3, 0.4) is 0 Å². The molecular formula is C29H30N6O2S2. The maximum atomic E-state index is 12.6. The Labute approximate surface area is 236 Å². The molecule has 8 nitrogen and oxygen atoms in total. The van der Waals surface area contributed by atoms with Crippen LogP contribution in [0.4, 0.5) is 11.4 Å². The van der Waals surface area contributed by atoms with Crippen LogP contribution in [0.5, 0.6) is 0 Å². The molecule has 4 heterocycles. The summed E-state index contributed by atoms with van der Waals surface area (Å²) in [6, 6.07) is 18.4. The number of H-pyrrole nitrogens is 1. The normalized spacial score (nSPS) is 15.4. The molecule has 0 amide bonds. The lowest BCUT2D eigenvalue weighted by Crippen LogP contribution is -2.36. The number of morpholine rings is 1. The Morgan fingerprint density at radius 1 is 1.05 bits per heavy atom. The molecule has 2 aliphatic rings. The zero-order valence-electron chi connectivity index (χ0n) is 21.9. The van der Waals surface area contributed by atoms with E-state index in [1.165, 1.54) is 14.7 Å². The van der Waals surface area contributed by atoms with Crippen LogP contribution in [0, 0.1) is 0 Å². The van der Waals surface area contributed by atoms with Gasteiger partial charge in [0.1, 0.15) is 5.82 Å². The zero-order valence-corrected chi connectivity index (χ0v) is 23.5. The second kappa shape index (κ2) is 11.4. The second-order valence-electron chi connectivity index (χ2n) is 9.52. The summed E-state index contributed by atoms with van der Waals surface area (Å²) < 4.78 is 5.49. The fraction of sp³-hybridized carbons (Fsp3) is 0.276. The van der Waals surface area contributed by atoms with E-state index in [-0.39, 0.29) is 11.6 Å². The van der Waals surface area contributed by atoms with Crippen molar-refractivity contribution in [2.24, 2.45) is 0 Å². The van der Waals surface area contributed by atoms with Gasteiger partial charge in [0.2, 0.25) is 5.56 Å². The molecule has 200 valence electrons. The molecule has 0 saturated carbocycles. The first-order valence-corrected chi connectivity index (χ1v) is 14.6. The average molecular weight is 559 g/mol. The molecule has 4 aromatic rings. The summed E-state index contributed by atoms with van der Waals surface area (Å²) in [5, 5.41) is 6.70. The fourth-order valence-electron chi connectivity index (χ4n) is 4.80. The summed E-state index contributed by atoms with van der Waals surface area (Å²) >= 11 is 3.50. The number of anilines is 2. The van der Waals surface area contributed by atoms with E-state index < -0.39 is 0 Å². The smallest absolute Gasteiger partial charge is 0.250 e. The number of ether oxygens (including phenoxy) is 1. The molecule has 3 N–H and O–H groups in total. The van der Waals surface area contributed by atoms with E-state index >= 15 is 0 Å². The Kier molecular flexibility index (Phi) is 7.60. The van der Waals surface area contributed by atoms with Gasteiger partial charge in [0.05, 0.1) is 30.6 Å². The Hall–Kier alpha value is -3.31. The lowest BCUT2D eigenvalue weighted by atomic mass is 10.1. The third-order valence-corrected chi connectivity index (χ3v) is 9.31. The Morgan fingerprint density at radius 3 is 2.77 bits per heavy atom. The van der Waals surface area contributed by atoms with Crippen molar-refractivity contribution < 1.29 is 4.74 Å². The third-order valence-electron chi connectivity index (χ3n) is 6.71. The van der Waals surface area contributed by atoms with Crippen LogP contribution in [-0.4, -0.2) is 48.3 Å². The van der Waals surface area contributed by atoms with Gasteiger partial charge >= 0.3 is 0 Å². The Balaban J connectivity index is 1.25. The highest BCUT2D eigenvalue weighted by molar-refractivity contribution is 8.05. The van der Waals surface area contributed by atoms with Gasteiger partial charge in [0.15, 0.2) is 0 Å². The van der Waals surface area contributed by atoms with Crippen molar-refractivity contribution >= 4 is 34.9 Å². The SMILES string of the molecule is CNCc1ccnc(C(C)Nc2ccc3c(c2)Sc2cccc(-c4cc(N5CCOCC5)cc(=O)[nH]4)c2S3)n1. The Morgan fingerprint density at radius 2 is 1.92 bits per heavy atom. The molecular weight excluding hydrogens is 528 g/mol. The molecule has 1 unspecified atom stereocenters. The van der Waals surface area contributed by atoms with Gasteiger partial charge in [-0.15, -0.1) is 0 Å². The minimum absolute atomic E-state index is 0.0319. The molecule has 1 atom stereocenters. The first kappa shape index (κ1) is 25.9. The predicted octanol–water partition coefficient (Wildman–Crippen LogP) is 5.18. The monoisotopic (exact) mass is 558 g/mol. The summed E-state index contributed by atoms with van der Waals surface area (Å²) in [6.07, 6.45) is 1.81. The van der Waals surface area contributed by atoms with Gasteiger partial charge in [-0.25, -0.2) is 9.97 Å². The van der Waals surface area contributed by atoms with Crippen LogP contribution in [0.1, 0.15) is 24.5 Å². The summed E-state index contributed by atoms with van der Waals surface area (Å²) in [7, 11) is 1.91. The number of nitrogens with one attached hydrogen (secondary N) is 3. The number of aromatic amines is 1. The van der Waals surface area contributed by atoms with Crippen LogP contribution in [0.15, 0.2) is 85.2 Å². The van der Waals surface area contributed by atoms with Crippen LogP contribution in [0.2, 0.25) is 0 Å². The van der Waals surface area contributed by atoms with Crippen molar-refractivity contribution in [1.82, 2.24) is 20.3 Å². The average Bonchev–Trinajstić information content (AvgIpc) is 2.96. The molecule has 1 saturated heterocycles. The number of hydrogen-bond donors (Lipinski definition) is 3. The maximum absolute atomic E-state index is 12.6. The lowest BCUT2D eigenvalue weighted by Gasteiger charge is -2.29. The number of aromatic nitrogens is 3. The summed E-state index contributed by atoms with van der Waals surface area (Å²) in [4.78, 5) is 31.8. The van der Waals surface area contributed by atoms with Crippen molar-refractivity contribution in [3.8, 4) is 11.3 Å². The van der Waals surface area contributed by atoms with Crippen molar-refractivity contribution in [3.05, 3.63) is 82.7 Å². The molecule has 2 aliphatic heterocycles. The fourth-order valence-corrected chi connectivity index (χ4v) is 7.21. The van der Waals surface area contributed by atoms with E-state index in [0.717, 1.165) is 52.1 Å². The summed E-state index contributed by atoms with van der Waals surface area (Å²) in [6.45, 7) is 5.72. The van der Waals surface area contributed by atoms with Crippen molar-refractivity contribution in [2.75, 3.05) is 43.6 Å². The van der Waals surface area contributed by atoms with Gasteiger partial charge in [-0.1, -0.05) is 35.7 Å². The summed E-state index contributed by atoms with van der Waals surface area (Å²) in [5.41, 5.74) is 4.72. The molecule has 0 bridgehead atoms. The highest BCUT2D eigenvalue weighted by atomic mass is 32.2. The van der Waals surface area contributed by atoms with Crippen LogP contribution < -0.4 is 21.1 Å². The van der Waals surface area contributed by atoms with E-state index in [9.17, 15) is 4.79 Å². The number of nitrogens with zero attached hydrogens (tertiary/aromatic N) is 3. The van der Waals surface area contributed by atoms with Gasteiger partial charge in [-0.05, 0) is 50.4 Å². The zero-order chi connectivity index (χ0) is 26.8. The predicted molar refractivity (Wildman–Crippen MR) is 157 cm³/mol. The first-order valence-electron chi connectivity index (χ1n) is 13.0. The third kappa shape index (κ3) is 5.69. The second-order valence-corrected chi connectivity index (χ2v) is 11.7. The molecule has 2 aromatic heterocycles. The topological polar surface area (TPSA) is 95.2 Å². The van der Waals surface area contributed by atoms with Gasteiger partial charge < -0.3 is 25.3 Å². The highest BCUT2D eigenvalue weighted by Crippen LogP contribution is 2.52. The highest BCUT2D eigenvalue weighted by Gasteiger charge is 2.22. The van der Waals surface area contributed by atoms with E-state index in [2.05, 4.69) is 79.9 Å². The van der Waals surface area contributed by atoms with E-state index in [1.54, 1.807) is 29.6 Å². The molecule has 6 rings (SSSR count). The van der Waals surface area contributed by atoms with Crippen LogP contribution >= 0.6 is 23.5 Å². The van der Waals surface area contributed by atoms with E-state index in [4.69, 9.17) is 4.74 Å². The van der Waals surface area contributed by atoms with Gasteiger partial charge in [0, 0.05) is 68.4 Å². The standard InChI is InChI=1S/C29H30N6O2S2/c1-18(29-31-9-8-20(33-29)17-30-2)32-19-6-7-24-26(14-19)38-25-5-3-4-22(28(25)39-24)23-15-21(16-27(36)34-23)35-10-12-37-13-11-35/h3-9,14-16,18,30,32H,10-13,17H2,1-2H3,(H,34,36). The van der Waals surface area contributed by atoms with Gasteiger partial charge in [0.25, 0.3) is 0 Å². The summed E-state index contributed by atoms with van der Waals surface area (Å²) in [5.74, 6) is 0.769. The largest absolute Gasteiger partial charge is 0.378 e. The number of fused-ring (bicyclic) bond motifs is 2.